The molecular weight excluding hydrogens is 382 g/mol. The van der Waals surface area contributed by atoms with E-state index in [4.69, 9.17) is 14.2 Å². The highest BCUT2D eigenvalue weighted by Gasteiger charge is 2.23. The third-order valence-electron chi connectivity index (χ3n) is 5.43. The molecule has 0 N–H and O–H groups in total. The first-order valence-electron chi connectivity index (χ1n) is 10.0. The van der Waals surface area contributed by atoms with Gasteiger partial charge in [0.15, 0.2) is 11.5 Å². The van der Waals surface area contributed by atoms with Gasteiger partial charge in [-0.25, -0.2) is 9.97 Å². The predicted molar refractivity (Wildman–Crippen MR) is 116 cm³/mol. The number of hydrogen-bond acceptors (Lipinski definition) is 8. The number of rotatable bonds is 6. The minimum Gasteiger partial charge on any atom is -0.493 e. The van der Waals surface area contributed by atoms with Crippen LogP contribution in [0.15, 0.2) is 36.9 Å². The zero-order valence-corrected chi connectivity index (χ0v) is 17.7. The molecule has 8 nitrogen and oxygen atoms in total. The van der Waals surface area contributed by atoms with Gasteiger partial charge in [-0.2, -0.15) is 0 Å². The number of aromatic nitrogens is 3. The lowest BCUT2D eigenvalue weighted by molar-refractivity contribution is 0.285. The molecule has 30 heavy (non-hydrogen) atoms. The molecule has 1 aliphatic heterocycles. The molecule has 0 aliphatic carbocycles. The second-order valence-corrected chi connectivity index (χ2v) is 7.22. The summed E-state index contributed by atoms with van der Waals surface area (Å²) in [6.45, 7) is 4.69. The second kappa shape index (κ2) is 9.13. The molecule has 1 aliphatic rings. The van der Waals surface area contributed by atoms with Crippen molar-refractivity contribution >= 4 is 16.7 Å². The van der Waals surface area contributed by atoms with Gasteiger partial charge in [-0.1, -0.05) is 6.07 Å². The fourth-order valence-corrected chi connectivity index (χ4v) is 3.99. The molecule has 1 saturated heterocycles. The Bertz CT molecular complexity index is 999. The maximum absolute atomic E-state index is 5.61. The highest BCUT2D eigenvalue weighted by atomic mass is 16.5. The van der Waals surface area contributed by atoms with Crippen molar-refractivity contribution in [2.24, 2.45) is 0 Å². The maximum Gasteiger partial charge on any atom is 0.205 e. The van der Waals surface area contributed by atoms with Crippen LogP contribution in [0.5, 0.6) is 17.2 Å². The van der Waals surface area contributed by atoms with Crippen molar-refractivity contribution in [2.75, 3.05) is 52.4 Å². The summed E-state index contributed by atoms with van der Waals surface area (Å²) in [6.07, 6.45) is 6.39. The lowest BCUT2D eigenvalue weighted by Gasteiger charge is -2.24. The third kappa shape index (κ3) is 3.95. The van der Waals surface area contributed by atoms with E-state index in [1.54, 1.807) is 27.7 Å². The van der Waals surface area contributed by atoms with Crippen LogP contribution in [0.25, 0.3) is 10.9 Å². The lowest BCUT2D eigenvalue weighted by atomic mass is 10.1. The normalized spacial score (nSPS) is 15.1. The Kier molecular flexibility index (Phi) is 6.13. The average Bonchev–Trinajstić information content (AvgIpc) is 3.03. The second-order valence-electron chi connectivity index (χ2n) is 7.22. The topological polar surface area (TPSA) is 72.8 Å². The maximum atomic E-state index is 5.61. The first kappa shape index (κ1) is 20.2. The number of ether oxygens (including phenoxy) is 3. The van der Waals surface area contributed by atoms with Crippen molar-refractivity contribution in [2.45, 2.75) is 13.0 Å². The molecule has 0 saturated carbocycles. The Morgan fingerprint density at radius 2 is 1.83 bits per heavy atom. The Morgan fingerprint density at radius 3 is 2.57 bits per heavy atom. The molecule has 0 atom stereocenters. The first-order chi connectivity index (χ1) is 14.7. The first-order valence-corrected chi connectivity index (χ1v) is 10.0. The molecule has 1 aromatic carbocycles. The fraction of sp³-hybridized carbons (Fsp3) is 0.409. The van der Waals surface area contributed by atoms with E-state index in [1.165, 1.54) is 5.56 Å². The largest absolute Gasteiger partial charge is 0.493 e. The molecule has 0 radical (unpaired) electrons. The summed E-state index contributed by atoms with van der Waals surface area (Å²) >= 11 is 0. The van der Waals surface area contributed by atoms with E-state index in [2.05, 4.69) is 30.8 Å². The highest BCUT2D eigenvalue weighted by Crippen LogP contribution is 2.44. The molecule has 0 unspecified atom stereocenters. The average molecular weight is 409 g/mol. The van der Waals surface area contributed by atoms with Crippen molar-refractivity contribution in [1.82, 2.24) is 19.9 Å². The van der Waals surface area contributed by atoms with Gasteiger partial charge in [0.2, 0.25) is 5.75 Å². The quantitative estimate of drug-likeness (QED) is 0.615. The van der Waals surface area contributed by atoms with Crippen molar-refractivity contribution in [3.63, 3.8) is 0 Å². The van der Waals surface area contributed by atoms with Gasteiger partial charge < -0.3 is 19.1 Å². The molecule has 158 valence electrons. The van der Waals surface area contributed by atoms with Gasteiger partial charge in [-0.3, -0.25) is 9.88 Å². The minimum absolute atomic E-state index is 0.538. The molecule has 2 aromatic heterocycles. The molecular formula is C22H27N5O3. The van der Waals surface area contributed by atoms with Gasteiger partial charge in [-0.15, -0.1) is 0 Å². The van der Waals surface area contributed by atoms with E-state index in [9.17, 15) is 0 Å². The number of nitrogens with zero attached hydrogens (tertiary/aromatic N) is 5. The van der Waals surface area contributed by atoms with Crippen molar-refractivity contribution in [3.8, 4) is 17.2 Å². The molecule has 8 heteroatoms. The smallest absolute Gasteiger partial charge is 0.205 e. The van der Waals surface area contributed by atoms with Gasteiger partial charge in [-0.05, 0) is 24.1 Å². The lowest BCUT2D eigenvalue weighted by Crippen LogP contribution is -2.31. The number of pyridine rings is 1. The Hall–Kier alpha value is -3.13. The van der Waals surface area contributed by atoms with Crippen LogP contribution in [0.2, 0.25) is 0 Å². The van der Waals surface area contributed by atoms with E-state index in [0.29, 0.717) is 17.2 Å². The molecule has 0 bridgehead atoms. The van der Waals surface area contributed by atoms with Crippen LogP contribution in [-0.2, 0) is 6.54 Å². The van der Waals surface area contributed by atoms with E-state index in [0.717, 1.165) is 55.9 Å². The van der Waals surface area contributed by atoms with Gasteiger partial charge in [0.25, 0.3) is 0 Å². The zero-order valence-electron chi connectivity index (χ0n) is 17.7. The predicted octanol–water partition coefficient (Wildman–Crippen LogP) is 2.76. The monoisotopic (exact) mass is 409 g/mol. The van der Waals surface area contributed by atoms with E-state index in [1.807, 2.05) is 24.5 Å². The summed E-state index contributed by atoms with van der Waals surface area (Å²) in [5.41, 5.74) is 1.96. The molecule has 0 amide bonds. The molecule has 4 rings (SSSR count). The SMILES string of the molecule is COc1cc2c(N3CCCN(Cc4cccnc4)CC3)ncnc2c(OC)c1OC. The standard InChI is InChI=1S/C22H27N5O3/c1-28-18-12-17-19(21(30-3)20(18)29-2)24-15-25-22(17)27-9-5-8-26(10-11-27)14-16-6-4-7-23-13-16/h4,6-7,12-13,15H,5,8-11,14H2,1-3H3. The van der Waals surface area contributed by atoms with E-state index in [-0.39, 0.29) is 0 Å². The number of hydrogen-bond donors (Lipinski definition) is 0. The van der Waals surface area contributed by atoms with Crippen molar-refractivity contribution < 1.29 is 14.2 Å². The molecule has 0 spiro atoms. The molecule has 3 heterocycles. The summed E-state index contributed by atoms with van der Waals surface area (Å²) < 4.78 is 16.7. The van der Waals surface area contributed by atoms with Gasteiger partial charge in [0.1, 0.15) is 17.7 Å². The van der Waals surface area contributed by atoms with Crippen molar-refractivity contribution in [3.05, 3.63) is 42.5 Å². The Labute approximate surface area is 176 Å². The summed E-state index contributed by atoms with van der Waals surface area (Å²) in [5.74, 6) is 2.59. The van der Waals surface area contributed by atoms with Crippen LogP contribution in [-0.4, -0.2) is 67.4 Å². The summed E-state index contributed by atoms with van der Waals surface area (Å²) in [5, 5.41) is 0.896. The van der Waals surface area contributed by atoms with Crippen LogP contribution in [0.3, 0.4) is 0 Å². The van der Waals surface area contributed by atoms with Crippen molar-refractivity contribution in [1.29, 1.82) is 0 Å². The number of fused-ring (bicyclic) bond motifs is 1. The fourth-order valence-electron chi connectivity index (χ4n) is 3.99. The third-order valence-corrected chi connectivity index (χ3v) is 5.43. The summed E-state index contributed by atoms with van der Waals surface area (Å²) in [6, 6.07) is 6.05. The van der Waals surface area contributed by atoms with Gasteiger partial charge in [0, 0.05) is 45.1 Å². The number of anilines is 1. The van der Waals surface area contributed by atoms with Crippen LogP contribution in [0.1, 0.15) is 12.0 Å². The number of methoxy groups -OCH3 is 3. The van der Waals surface area contributed by atoms with Gasteiger partial charge >= 0.3 is 0 Å². The summed E-state index contributed by atoms with van der Waals surface area (Å²) in [7, 11) is 4.83. The van der Waals surface area contributed by atoms with Crippen LogP contribution >= 0.6 is 0 Å². The number of benzene rings is 1. The van der Waals surface area contributed by atoms with E-state index >= 15 is 0 Å². The molecule has 3 aromatic rings. The highest BCUT2D eigenvalue weighted by molar-refractivity contribution is 5.97. The zero-order chi connectivity index (χ0) is 20.9. The van der Waals surface area contributed by atoms with E-state index < -0.39 is 0 Å². The van der Waals surface area contributed by atoms with Crippen LogP contribution in [0.4, 0.5) is 5.82 Å². The van der Waals surface area contributed by atoms with Crippen LogP contribution in [0, 0.1) is 0 Å². The Balaban J connectivity index is 1.63. The Morgan fingerprint density at radius 1 is 0.967 bits per heavy atom. The van der Waals surface area contributed by atoms with Crippen LogP contribution < -0.4 is 19.1 Å². The minimum atomic E-state index is 0.538. The molecule has 1 fully saturated rings. The van der Waals surface area contributed by atoms with Gasteiger partial charge in [0.05, 0.1) is 26.7 Å². The summed E-state index contributed by atoms with van der Waals surface area (Å²) in [4.78, 5) is 18.1.